The van der Waals surface area contributed by atoms with E-state index < -0.39 is 0 Å². The van der Waals surface area contributed by atoms with Crippen molar-refractivity contribution in [1.29, 1.82) is 0 Å². The van der Waals surface area contributed by atoms with Crippen LogP contribution in [0.25, 0.3) is 27.6 Å². The monoisotopic (exact) mass is 433 g/mol. The summed E-state index contributed by atoms with van der Waals surface area (Å²) in [5.41, 5.74) is 3.96. The lowest BCUT2D eigenvalue weighted by Gasteiger charge is -2.11. The maximum atomic E-state index is 6.09. The summed E-state index contributed by atoms with van der Waals surface area (Å²) in [7, 11) is 2.05. The minimum absolute atomic E-state index is 0.629. The van der Waals surface area contributed by atoms with E-state index in [1.54, 1.807) is 11.3 Å². The molecule has 0 aliphatic heterocycles. The second-order valence-electron chi connectivity index (χ2n) is 7.31. The molecule has 0 unspecified atom stereocenters. The average molecular weight is 433 g/mol. The minimum atomic E-state index is 0.629. The number of thioether (sulfide) groups is 1. The van der Waals surface area contributed by atoms with Gasteiger partial charge in [-0.25, -0.2) is 4.98 Å². The van der Waals surface area contributed by atoms with Gasteiger partial charge in [-0.05, 0) is 67.1 Å². The predicted octanol–water partition coefficient (Wildman–Crippen LogP) is 6.07. The molecule has 0 radical (unpaired) electrons. The van der Waals surface area contributed by atoms with Crippen LogP contribution in [0.1, 0.15) is 30.2 Å². The van der Waals surface area contributed by atoms with E-state index in [1.807, 2.05) is 48.2 Å². The zero-order chi connectivity index (χ0) is 21.1. The van der Waals surface area contributed by atoms with Gasteiger partial charge in [0.05, 0.1) is 9.75 Å². The second kappa shape index (κ2) is 9.15. The Morgan fingerprint density at radius 3 is 2.87 bits per heavy atom. The number of fused-ring (bicyclic) bond motifs is 1. The highest BCUT2D eigenvalue weighted by atomic mass is 32.2. The van der Waals surface area contributed by atoms with Gasteiger partial charge in [-0.15, -0.1) is 23.1 Å². The number of oxazole rings is 1. The standard InChI is InChI=1S/C24H24BNO2S2/c1-4-5-12-29-18-7-9-20(15(2)13-18)27-16(3)22-10-11-23(30-22)24-26-19-14-17(25)6-8-21(19)28-24/h6-11,13-14H,3-5,12,25H2,1-2H3. The van der Waals surface area contributed by atoms with Crippen LogP contribution >= 0.6 is 23.1 Å². The maximum Gasteiger partial charge on any atom is 0.237 e. The summed E-state index contributed by atoms with van der Waals surface area (Å²) in [5.74, 6) is 3.25. The van der Waals surface area contributed by atoms with Crippen molar-refractivity contribution in [3.8, 4) is 16.5 Å². The Morgan fingerprint density at radius 2 is 2.07 bits per heavy atom. The van der Waals surface area contributed by atoms with Gasteiger partial charge in [0.2, 0.25) is 5.89 Å². The van der Waals surface area contributed by atoms with Crippen LogP contribution in [0.4, 0.5) is 0 Å². The average Bonchev–Trinajstić information content (AvgIpc) is 3.37. The van der Waals surface area contributed by atoms with Gasteiger partial charge in [-0.1, -0.05) is 31.5 Å². The number of hydrogen-bond acceptors (Lipinski definition) is 5. The number of hydrogen-bond donors (Lipinski definition) is 0. The molecular formula is C24H24BNO2S2. The van der Waals surface area contributed by atoms with Crippen molar-refractivity contribution in [1.82, 2.24) is 4.98 Å². The first-order valence-corrected chi connectivity index (χ1v) is 11.9. The highest BCUT2D eigenvalue weighted by molar-refractivity contribution is 7.99. The summed E-state index contributed by atoms with van der Waals surface area (Å²) >= 11 is 3.46. The predicted molar refractivity (Wildman–Crippen MR) is 132 cm³/mol. The lowest BCUT2D eigenvalue weighted by molar-refractivity contribution is 0.514. The Bertz CT molecular complexity index is 1200. The van der Waals surface area contributed by atoms with Crippen LogP contribution in [-0.2, 0) is 0 Å². The first kappa shape index (κ1) is 20.8. The number of nitrogens with zero attached hydrogens (tertiary/aromatic N) is 1. The molecule has 4 aromatic rings. The van der Waals surface area contributed by atoms with Crippen molar-refractivity contribution >= 4 is 53.3 Å². The van der Waals surface area contributed by atoms with Crippen LogP contribution in [0, 0.1) is 6.92 Å². The van der Waals surface area contributed by atoms with E-state index in [0.29, 0.717) is 11.6 Å². The molecule has 2 heterocycles. The Labute approximate surface area is 186 Å². The molecule has 0 saturated heterocycles. The van der Waals surface area contributed by atoms with Gasteiger partial charge in [-0.2, -0.15) is 0 Å². The highest BCUT2D eigenvalue weighted by Gasteiger charge is 2.14. The van der Waals surface area contributed by atoms with E-state index in [-0.39, 0.29) is 0 Å². The molecule has 0 fully saturated rings. The van der Waals surface area contributed by atoms with Gasteiger partial charge in [0.15, 0.2) is 5.58 Å². The molecule has 3 nitrogen and oxygen atoms in total. The van der Waals surface area contributed by atoms with Crippen LogP contribution in [0.15, 0.2) is 64.4 Å². The molecule has 0 spiro atoms. The summed E-state index contributed by atoms with van der Waals surface area (Å²) in [5, 5.41) is 0. The van der Waals surface area contributed by atoms with E-state index in [9.17, 15) is 0 Å². The van der Waals surface area contributed by atoms with Gasteiger partial charge in [0.25, 0.3) is 0 Å². The van der Waals surface area contributed by atoms with Crippen LogP contribution < -0.4 is 10.2 Å². The molecule has 2 aromatic carbocycles. The SMILES string of the molecule is Bc1ccc2oc(-c3ccc(C(=C)Oc4ccc(SCCCC)cc4C)s3)nc2c1. The van der Waals surface area contributed by atoms with Gasteiger partial charge in [0, 0.05) is 4.90 Å². The third-order valence-electron chi connectivity index (χ3n) is 4.78. The molecule has 2 aromatic heterocycles. The topological polar surface area (TPSA) is 35.3 Å². The summed E-state index contributed by atoms with van der Waals surface area (Å²) in [6.45, 7) is 8.43. The van der Waals surface area contributed by atoms with E-state index in [1.165, 1.54) is 23.2 Å². The number of benzene rings is 2. The van der Waals surface area contributed by atoms with E-state index in [4.69, 9.17) is 9.15 Å². The van der Waals surface area contributed by atoms with Crippen molar-refractivity contribution in [3.63, 3.8) is 0 Å². The third-order valence-corrected chi connectivity index (χ3v) is 6.98. The van der Waals surface area contributed by atoms with E-state index >= 15 is 0 Å². The molecular weight excluding hydrogens is 409 g/mol. The Hall–Kier alpha value is -2.44. The first-order valence-electron chi connectivity index (χ1n) is 10.1. The largest absolute Gasteiger partial charge is 0.456 e. The fraction of sp³-hybridized carbons (Fsp3) is 0.208. The normalized spacial score (nSPS) is 11.1. The molecule has 30 heavy (non-hydrogen) atoms. The number of aromatic nitrogens is 1. The first-order chi connectivity index (χ1) is 14.5. The van der Waals surface area contributed by atoms with E-state index in [0.717, 1.165) is 37.9 Å². The summed E-state index contributed by atoms with van der Waals surface area (Å²) < 4.78 is 12.0. The molecule has 0 bridgehead atoms. The third kappa shape index (κ3) is 4.66. The lowest BCUT2D eigenvalue weighted by Crippen LogP contribution is -1.98. The molecule has 0 amide bonds. The number of unbranched alkanes of at least 4 members (excludes halogenated alkanes) is 1. The smallest absolute Gasteiger partial charge is 0.237 e. The van der Waals surface area contributed by atoms with E-state index in [2.05, 4.69) is 45.4 Å². The fourth-order valence-corrected chi connectivity index (χ4v) is 5.02. The molecule has 4 rings (SSSR count). The van der Waals surface area contributed by atoms with Crippen LogP contribution in [0.3, 0.4) is 0 Å². The summed E-state index contributed by atoms with van der Waals surface area (Å²) in [4.78, 5) is 7.83. The van der Waals surface area contributed by atoms with Gasteiger partial charge in [0.1, 0.15) is 24.9 Å². The zero-order valence-electron chi connectivity index (χ0n) is 17.5. The van der Waals surface area contributed by atoms with Crippen molar-refractivity contribution in [2.24, 2.45) is 0 Å². The molecule has 0 N–H and O–H groups in total. The van der Waals surface area contributed by atoms with Crippen molar-refractivity contribution < 1.29 is 9.15 Å². The fourth-order valence-electron chi connectivity index (χ4n) is 3.09. The quantitative estimate of drug-likeness (QED) is 0.146. The van der Waals surface area contributed by atoms with Crippen molar-refractivity contribution in [2.45, 2.75) is 31.6 Å². The molecule has 0 saturated carbocycles. The minimum Gasteiger partial charge on any atom is -0.456 e. The summed E-state index contributed by atoms with van der Waals surface area (Å²) in [6.07, 6.45) is 2.46. The molecule has 0 aliphatic rings. The Kier molecular flexibility index (Phi) is 6.35. The Balaban J connectivity index is 1.47. The molecule has 152 valence electrons. The van der Waals surface area contributed by atoms with Crippen molar-refractivity contribution in [3.05, 3.63) is 65.6 Å². The lowest BCUT2D eigenvalue weighted by atomic mass is 9.96. The van der Waals surface area contributed by atoms with Crippen LogP contribution in [0.2, 0.25) is 0 Å². The molecule has 0 aliphatic carbocycles. The van der Waals surface area contributed by atoms with Crippen LogP contribution in [0.5, 0.6) is 5.75 Å². The highest BCUT2D eigenvalue weighted by Crippen LogP contribution is 2.34. The number of ether oxygens (including phenoxy) is 1. The second-order valence-corrected chi connectivity index (χ2v) is 9.56. The zero-order valence-corrected chi connectivity index (χ0v) is 19.2. The van der Waals surface area contributed by atoms with Crippen molar-refractivity contribution in [2.75, 3.05) is 5.75 Å². The Morgan fingerprint density at radius 1 is 1.20 bits per heavy atom. The number of thiophene rings is 1. The van der Waals surface area contributed by atoms with Crippen LogP contribution in [-0.4, -0.2) is 18.6 Å². The number of aryl methyl sites for hydroxylation is 1. The maximum absolute atomic E-state index is 6.09. The van der Waals surface area contributed by atoms with Gasteiger partial charge < -0.3 is 9.15 Å². The van der Waals surface area contributed by atoms with Gasteiger partial charge in [-0.3, -0.25) is 0 Å². The summed E-state index contributed by atoms with van der Waals surface area (Å²) in [6, 6.07) is 16.4. The number of rotatable bonds is 8. The van der Waals surface area contributed by atoms with Gasteiger partial charge >= 0.3 is 0 Å². The molecule has 6 heteroatoms. The molecule has 0 atom stereocenters.